The normalized spacial score (nSPS) is 19.9. The molecule has 3 nitrogen and oxygen atoms in total. The smallest absolute Gasteiger partial charge is 0.232 e. The van der Waals surface area contributed by atoms with E-state index in [2.05, 4.69) is 0 Å². The first-order valence-electron chi connectivity index (χ1n) is 8.85. The van der Waals surface area contributed by atoms with Gasteiger partial charge in [0.1, 0.15) is 0 Å². The standard InChI is InChI=1S/C21H15Cl4NO2/c22-11-4-5-15(17(25)9-11)16-10-20(28)26(14-7-12(23)6-13(24)8-14)18-2-1-3-19(27)21(16)18/h4-9,16H,1-3,10H2. The van der Waals surface area contributed by atoms with Crippen LogP contribution in [0.1, 0.15) is 37.2 Å². The van der Waals surface area contributed by atoms with Crippen LogP contribution in [0.4, 0.5) is 5.69 Å². The van der Waals surface area contributed by atoms with Crippen molar-refractivity contribution < 1.29 is 9.59 Å². The second-order valence-electron chi connectivity index (χ2n) is 6.92. The summed E-state index contributed by atoms with van der Waals surface area (Å²) in [5.74, 6) is -0.461. The van der Waals surface area contributed by atoms with Crippen LogP contribution in [0.25, 0.3) is 0 Å². The van der Waals surface area contributed by atoms with Gasteiger partial charge in [0.15, 0.2) is 5.78 Å². The Morgan fingerprint density at radius 2 is 1.57 bits per heavy atom. The molecule has 0 aromatic heterocycles. The Kier molecular flexibility index (Phi) is 5.45. The molecule has 0 N–H and O–H groups in total. The number of allylic oxidation sites excluding steroid dienone is 2. The monoisotopic (exact) mass is 453 g/mol. The molecule has 0 radical (unpaired) electrons. The highest BCUT2D eigenvalue weighted by atomic mass is 35.5. The van der Waals surface area contributed by atoms with E-state index < -0.39 is 0 Å². The fraction of sp³-hybridized carbons (Fsp3) is 0.238. The topological polar surface area (TPSA) is 37.4 Å². The summed E-state index contributed by atoms with van der Waals surface area (Å²) < 4.78 is 0. The molecule has 1 atom stereocenters. The SMILES string of the molecule is O=C1CCCC2=C1C(c1ccc(Cl)cc1Cl)CC(=O)N2c1cc(Cl)cc(Cl)c1. The van der Waals surface area contributed by atoms with Gasteiger partial charge in [-0.15, -0.1) is 0 Å². The van der Waals surface area contributed by atoms with Gasteiger partial charge in [-0.05, 0) is 48.7 Å². The van der Waals surface area contributed by atoms with Crippen molar-refractivity contribution in [2.45, 2.75) is 31.6 Å². The summed E-state index contributed by atoms with van der Waals surface area (Å²) in [6.45, 7) is 0. The van der Waals surface area contributed by atoms with Crippen molar-refractivity contribution in [2.24, 2.45) is 0 Å². The molecule has 0 saturated carbocycles. The first-order valence-corrected chi connectivity index (χ1v) is 10.4. The van der Waals surface area contributed by atoms with Crippen molar-refractivity contribution in [2.75, 3.05) is 4.90 Å². The minimum atomic E-state index is -0.383. The van der Waals surface area contributed by atoms with Gasteiger partial charge in [0.25, 0.3) is 0 Å². The number of Topliss-reactive ketones (excluding diaryl/α,β-unsaturated/α-hetero) is 1. The fourth-order valence-electron chi connectivity index (χ4n) is 4.01. The summed E-state index contributed by atoms with van der Waals surface area (Å²) in [5, 5.41) is 1.83. The van der Waals surface area contributed by atoms with Gasteiger partial charge in [0.2, 0.25) is 5.91 Å². The molecule has 0 fully saturated rings. The molecule has 1 aliphatic heterocycles. The lowest BCUT2D eigenvalue weighted by atomic mass is 9.77. The van der Waals surface area contributed by atoms with Crippen molar-refractivity contribution in [3.05, 3.63) is 73.3 Å². The highest BCUT2D eigenvalue weighted by Crippen LogP contribution is 2.45. The van der Waals surface area contributed by atoms with E-state index in [-0.39, 0.29) is 24.0 Å². The van der Waals surface area contributed by atoms with Gasteiger partial charge in [0.05, 0.1) is 5.69 Å². The van der Waals surface area contributed by atoms with Crippen molar-refractivity contribution in [3.63, 3.8) is 0 Å². The lowest BCUT2D eigenvalue weighted by molar-refractivity contribution is -0.119. The molecule has 0 bridgehead atoms. The molecule has 28 heavy (non-hydrogen) atoms. The molecule has 0 saturated heterocycles. The van der Waals surface area contributed by atoms with E-state index in [1.807, 2.05) is 0 Å². The molecule has 1 heterocycles. The van der Waals surface area contributed by atoms with Crippen molar-refractivity contribution >= 4 is 63.8 Å². The third-order valence-electron chi connectivity index (χ3n) is 5.12. The zero-order valence-corrected chi connectivity index (χ0v) is 17.7. The number of hydrogen-bond acceptors (Lipinski definition) is 2. The Balaban J connectivity index is 1.89. The second kappa shape index (κ2) is 7.72. The van der Waals surface area contributed by atoms with Crippen LogP contribution >= 0.6 is 46.4 Å². The van der Waals surface area contributed by atoms with Crippen LogP contribution < -0.4 is 4.90 Å². The van der Waals surface area contributed by atoms with Gasteiger partial charge in [-0.3, -0.25) is 14.5 Å². The molecule has 1 unspecified atom stereocenters. The van der Waals surface area contributed by atoms with Crippen LogP contribution in [0.15, 0.2) is 47.7 Å². The van der Waals surface area contributed by atoms with Crippen LogP contribution in [0.3, 0.4) is 0 Å². The van der Waals surface area contributed by atoms with Crippen LogP contribution in [-0.2, 0) is 9.59 Å². The number of carbonyl (C=O) groups excluding carboxylic acids is 2. The van der Waals surface area contributed by atoms with Crippen molar-refractivity contribution in [1.82, 2.24) is 0 Å². The summed E-state index contributed by atoms with van der Waals surface area (Å²) in [6, 6.07) is 10.1. The average molecular weight is 455 g/mol. The lowest BCUT2D eigenvalue weighted by Crippen LogP contribution is -2.40. The third kappa shape index (κ3) is 3.57. The first-order chi connectivity index (χ1) is 13.3. The molecule has 7 heteroatoms. The zero-order valence-electron chi connectivity index (χ0n) is 14.6. The molecule has 4 rings (SSSR count). The molecule has 2 aromatic carbocycles. The molecular weight excluding hydrogens is 440 g/mol. The predicted octanol–water partition coefficient (Wildman–Crippen LogP) is 6.83. The molecule has 0 spiro atoms. The van der Waals surface area contributed by atoms with Crippen LogP contribution in [0.5, 0.6) is 0 Å². The third-order valence-corrected chi connectivity index (χ3v) is 6.12. The minimum Gasteiger partial charge on any atom is -0.294 e. The van der Waals surface area contributed by atoms with Crippen molar-refractivity contribution in [1.29, 1.82) is 0 Å². The molecule has 2 aliphatic rings. The molecule has 1 amide bonds. The van der Waals surface area contributed by atoms with E-state index in [0.717, 1.165) is 5.56 Å². The highest BCUT2D eigenvalue weighted by molar-refractivity contribution is 6.36. The predicted molar refractivity (Wildman–Crippen MR) is 114 cm³/mol. The summed E-state index contributed by atoms with van der Waals surface area (Å²) in [5.41, 5.74) is 2.67. The first kappa shape index (κ1) is 19.8. The maximum Gasteiger partial charge on any atom is 0.232 e. The molecule has 1 aliphatic carbocycles. The van der Waals surface area contributed by atoms with E-state index in [1.165, 1.54) is 0 Å². The maximum atomic E-state index is 13.2. The van der Waals surface area contributed by atoms with Gasteiger partial charge in [-0.1, -0.05) is 52.5 Å². The highest BCUT2D eigenvalue weighted by Gasteiger charge is 2.40. The second-order valence-corrected chi connectivity index (χ2v) is 8.63. The quantitative estimate of drug-likeness (QED) is 0.498. The zero-order chi connectivity index (χ0) is 20.0. The van der Waals surface area contributed by atoms with E-state index >= 15 is 0 Å². The number of halogens is 4. The summed E-state index contributed by atoms with van der Waals surface area (Å²) in [6.07, 6.45) is 1.91. The van der Waals surface area contributed by atoms with Gasteiger partial charge < -0.3 is 0 Å². The Morgan fingerprint density at radius 3 is 2.25 bits per heavy atom. The van der Waals surface area contributed by atoms with E-state index in [4.69, 9.17) is 46.4 Å². The van der Waals surface area contributed by atoms with Crippen LogP contribution in [0, 0.1) is 0 Å². The number of nitrogens with zero attached hydrogens (tertiary/aromatic N) is 1. The van der Waals surface area contributed by atoms with E-state index in [1.54, 1.807) is 41.3 Å². The molecule has 144 valence electrons. The van der Waals surface area contributed by atoms with Crippen molar-refractivity contribution in [3.8, 4) is 0 Å². The summed E-state index contributed by atoms with van der Waals surface area (Å²) in [4.78, 5) is 27.6. The van der Waals surface area contributed by atoms with Crippen LogP contribution in [-0.4, -0.2) is 11.7 Å². The number of carbonyl (C=O) groups is 2. The maximum absolute atomic E-state index is 13.2. The molecule has 2 aromatic rings. The van der Waals surface area contributed by atoms with Gasteiger partial charge in [-0.2, -0.15) is 0 Å². The number of ketones is 1. The number of amides is 1. The summed E-state index contributed by atoms with van der Waals surface area (Å²) >= 11 is 24.7. The number of benzene rings is 2. The summed E-state index contributed by atoms with van der Waals surface area (Å²) in [7, 11) is 0. The number of anilines is 1. The Bertz CT molecular complexity index is 1010. The van der Waals surface area contributed by atoms with Crippen LogP contribution in [0.2, 0.25) is 20.1 Å². The Labute approximate surface area is 182 Å². The van der Waals surface area contributed by atoms with Gasteiger partial charge in [0, 0.05) is 50.1 Å². The van der Waals surface area contributed by atoms with Gasteiger partial charge >= 0.3 is 0 Å². The fourth-order valence-corrected chi connectivity index (χ4v) is 5.07. The largest absolute Gasteiger partial charge is 0.294 e. The molecular formula is C21H15Cl4NO2. The number of rotatable bonds is 2. The lowest BCUT2D eigenvalue weighted by Gasteiger charge is -2.38. The average Bonchev–Trinajstić information content (AvgIpc) is 2.60. The van der Waals surface area contributed by atoms with E-state index in [9.17, 15) is 9.59 Å². The number of hydrogen-bond donors (Lipinski definition) is 0. The van der Waals surface area contributed by atoms with Gasteiger partial charge in [-0.25, -0.2) is 0 Å². The minimum absolute atomic E-state index is 0.0443. The van der Waals surface area contributed by atoms with E-state index in [0.29, 0.717) is 56.3 Å². The Morgan fingerprint density at radius 1 is 0.857 bits per heavy atom. The Hall–Kier alpha value is -1.52.